The maximum Gasteiger partial charge on any atom is 0.115 e. The fourth-order valence-electron chi connectivity index (χ4n) is 7.16. The second kappa shape index (κ2) is 6.87. The number of hydrogen-bond donors (Lipinski definition) is 1. The van der Waals surface area contributed by atoms with E-state index in [1.807, 2.05) is 6.07 Å². The molecule has 0 radical (unpaired) electrons. The molecular formula is C25H36OS2. The van der Waals surface area contributed by atoms with Gasteiger partial charge in [0.05, 0.1) is 4.08 Å². The molecule has 4 aliphatic rings. The Morgan fingerprint density at radius 3 is 2.57 bits per heavy atom. The molecule has 1 nitrogen and oxygen atoms in total. The SMILES string of the molecule is CC(C)CC[C@H]1CC2(CCC23SCCS3)C[C@@H]2c3ccc(O)cc3CC[C@@]12C. The van der Waals surface area contributed by atoms with Gasteiger partial charge in [-0.05, 0) is 96.8 Å². The number of hydrogen-bond acceptors (Lipinski definition) is 3. The molecule has 1 N–H and O–H groups in total. The maximum absolute atomic E-state index is 10.1. The minimum Gasteiger partial charge on any atom is -0.508 e. The Kier molecular flexibility index (Phi) is 4.83. The lowest BCUT2D eigenvalue weighted by molar-refractivity contribution is -0.0610. The van der Waals surface area contributed by atoms with E-state index >= 15 is 0 Å². The van der Waals surface area contributed by atoms with Gasteiger partial charge >= 0.3 is 0 Å². The molecule has 1 unspecified atom stereocenters. The molecule has 3 aliphatic carbocycles. The quantitative estimate of drug-likeness (QED) is 0.561. The minimum absolute atomic E-state index is 0.439. The van der Waals surface area contributed by atoms with Crippen LogP contribution in [-0.2, 0) is 6.42 Å². The highest BCUT2D eigenvalue weighted by molar-refractivity contribution is 8.21. The van der Waals surface area contributed by atoms with Gasteiger partial charge in [-0.2, -0.15) is 0 Å². The van der Waals surface area contributed by atoms with E-state index in [0.29, 0.717) is 26.6 Å². The van der Waals surface area contributed by atoms with Crippen molar-refractivity contribution < 1.29 is 5.11 Å². The van der Waals surface area contributed by atoms with Crippen LogP contribution in [0.25, 0.3) is 0 Å². The summed E-state index contributed by atoms with van der Waals surface area (Å²) in [6, 6.07) is 6.30. The molecule has 1 saturated heterocycles. The van der Waals surface area contributed by atoms with E-state index < -0.39 is 0 Å². The van der Waals surface area contributed by atoms with Crippen molar-refractivity contribution in [3.8, 4) is 5.75 Å². The zero-order chi connectivity index (χ0) is 19.6. The lowest BCUT2D eigenvalue weighted by Crippen LogP contribution is -2.59. The van der Waals surface area contributed by atoms with Gasteiger partial charge in [0.15, 0.2) is 0 Å². The van der Waals surface area contributed by atoms with E-state index in [1.54, 1.807) is 5.56 Å². The zero-order valence-corrected chi connectivity index (χ0v) is 19.4. The van der Waals surface area contributed by atoms with Gasteiger partial charge in [0.25, 0.3) is 0 Å². The molecule has 0 bridgehead atoms. The Hall–Kier alpha value is -0.280. The Morgan fingerprint density at radius 1 is 1.11 bits per heavy atom. The first-order valence-electron chi connectivity index (χ1n) is 11.5. The largest absolute Gasteiger partial charge is 0.508 e. The van der Waals surface area contributed by atoms with Gasteiger partial charge in [-0.3, -0.25) is 0 Å². The summed E-state index contributed by atoms with van der Waals surface area (Å²) < 4.78 is 0.527. The summed E-state index contributed by atoms with van der Waals surface area (Å²) in [4.78, 5) is 0. The van der Waals surface area contributed by atoms with Crippen LogP contribution >= 0.6 is 23.5 Å². The first-order valence-corrected chi connectivity index (χ1v) is 13.4. The van der Waals surface area contributed by atoms with Gasteiger partial charge in [0, 0.05) is 11.5 Å². The number of aryl methyl sites for hydroxylation is 1. The van der Waals surface area contributed by atoms with Gasteiger partial charge in [-0.25, -0.2) is 0 Å². The van der Waals surface area contributed by atoms with Crippen LogP contribution in [0.1, 0.15) is 82.8 Å². The van der Waals surface area contributed by atoms with Crippen LogP contribution in [0.5, 0.6) is 5.75 Å². The summed E-state index contributed by atoms with van der Waals surface area (Å²) in [6.07, 6.45) is 11.0. The lowest BCUT2D eigenvalue weighted by atomic mass is 9.44. The molecule has 0 aromatic heterocycles. The molecule has 154 valence electrons. The first-order chi connectivity index (χ1) is 13.4. The molecule has 2 spiro atoms. The highest BCUT2D eigenvalue weighted by Crippen LogP contribution is 2.76. The first kappa shape index (κ1) is 19.7. The number of fused-ring (bicyclic) bond motifs is 4. The van der Waals surface area contributed by atoms with Crippen LogP contribution in [0.3, 0.4) is 0 Å². The second-order valence-corrected chi connectivity index (χ2v) is 13.8. The van der Waals surface area contributed by atoms with Crippen LogP contribution < -0.4 is 0 Å². The van der Waals surface area contributed by atoms with Crippen molar-refractivity contribution in [2.45, 2.75) is 82.1 Å². The van der Waals surface area contributed by atoms with Crippen molar-refractivity contribution in [3.05, 3.63) is 29.3 Å². The Bertz CT molecular complexity index is 753. The van der Waals surface area contributed by atoms with Crippen LogP contribution in [0.4, 0.5) is 0 Å². The third kappa shape index (κ3) is 2.82. The average molecular weight is 417 g/mol. The number of thioether (sulfide) groups is 2. The van der Waals surface area contributed by atoms with Crippen molar-refractivity contribution in [3.63, 3.8) is 0 Å². The Morgan fingerprint density at radius 2 is 1.89 bits per heavy atom. The highest BCUT2D eigenvalue weighted by Gasteiger charge is 2.66. The van der Waals surface area contributed by atoms with E-state index in [9.17, 15) is 5.11 Å². The number of phenolic OH excluding ortho intramolecular Hbond substituents is 1. The second-order valence-electron chi connectivity index (χ2n) is 10.7. The Labute approximate surface area is 179 Å². The third-order valence-corrected chi connectivity index (χ3v) is 13.0. The van der Waals surface area contributed by atoms with Crippen LogP contribution in [-0.4, -0.2) is 20.7 Å². The van der Waals surface area contributed by atoms with Crippen LogP contribution in [0.2, 0.25) is 0 Å². The van der Waals surface area contributed by atoms with Gasteiger partial charge in [0.2, 0.25) is 0 Å². The van der Waals surface area contributed by atoms with Crippen LogP contribution in [0, 0.1) is 22.7 Å². The normalized spacial score (nSPS) is 38.4. The smallest absolute Gasteiger partial charge is 0.115 e. The summed E-state index contributed by atoms with van der Waals surface area (Å²) in [5, 5.41) is 10.1. The van der Waals surface area contributed by atoms with E-state index in [1.165, 1.54) is 62.0 Å². The fraction of sp³-hybridized carbons (Fsp3) is 0.760. The summed E-state index contributed by atoms with van der Waals surface area (Å²) in [6.45, 7) is 7.42. The molecule has 1 aromatic rings. The predicted molar refractivity (Wildman–Crippen MR) is 123 cm³/mol. The van der Waals surface area contributed by atoms with Gasteiger partial charge < -0.3 is 5.11 Å². The molecule has 28 heavy (non-hydrogen) atoms. The standard InChI is InChI=1S/C25H36OS2/c1-17(2)4-5-19-15-24(10-11-25(24)27-12-13-28-25)16-22-21-7-6-20(26)14-18(21)8-9-23(19,22)3/h6-7,14,17,19,22,26H,4-5,8-13,15-16H2,1-3H3/t19-,22+,23-,24?/m0/s1. The maximum atomic E-state index is 10.1. The number of rotatable bonds is 3. The molecule has 3 fully saturated rings. The zero-order valence-electron chi connectivity index (χ0n) is 17.8. The molecule has 1 aliphatic heterocycles. The average Bonchev–Trinajstić information content (AvgIpc) is 3.18. The molecular weight excluding hydrogens is 380 g/mol. The fourth-order valence-corrected chi connectivity index (χ4v) is 11.0. The summed E-state index contributed by atoms with van der Waals surface area (Å²) in [5.74, 6) is 5.51. The molecule has 2 saturated carbocycles. The van der Waals surface area contributed by atoms with Crippen molar-refractivity contribution in [1.82, 2.24) is 0 Å². The molecule has 1 heterocycles. The predicted octanol–water partition coefficient (Wildman–Crippen LogP) is 7.23. The molecule has 5 rings (SSSR count). The number of phenols is 1. The van der Waals surface area contributed by atoms with Crippen molar-refractivity contribution in [2.24, 2.45) is 22.7 Å². The third-order valence-electron chi connectivity index (χ3n) is 8.98. The van der Waals surface area contributed by atoms with E-state index in [-0.39, 0.29) is 0 Å². The number of aromatic hydroxyl groups is 1. The van der Waals surface area contributed by atoms with Gasteiger partial charge in [-0.15, -0.1) is 23.5 Å². The van der Waals surface area contributed by atoms with E-state index in [4.69, 9.17) is 0 Å². The summed E-state index contributed by atoms with van der Waals surface area (Å²) in [5.41, 5.74) is 4.00. The monoisotopic (exact) mass is 416 g/mol. The van der Waals surface area contributed by atoms with E-state index in [2.05, 4.69) is 56.4 Å². The van der Waals surface area contributed by atoms with Crippen molar-refractivity contribution in [2.75, 3.05) is 11.5 Å². The summed E-state index contributed by atoms with van der Waals surface area (Å²) >= 11 is 4.62. The van der Waals surface area contributed by atoms with Gasteiger partial charge in [-0.1, -0.05) is 33.3 Å². The minimum atomic E-state index is 0.439. The topological polar surface area (TPSA) is 20.2 Å². The van der Waals surface area contributed by atoms with Crippen LogP contribution in [0.15, 0.2) is 18.2 Å². The number of benzene rings is 1. The molecule has 0 amide bonds. The highest BCUT2D eigenvalue weighted by atomic mass is 32.2. The van der Waals surface area contributed by atoms with Crippen molar-refractivity contribution >= 4 is 23.5 Å². The molecule has 3 heteroatoms. The van der Waals surface area contributed by atoms with Crippen molar-refractivity contribution in [1.29, 1.82) is 0 Å². The Balaban J connectivity index is 1.55. The van der Waals surface area contributed by atoms with Gasteiger partial charge in [0.1, 0.15) is 5.75 Å². The molecule has 1 aromatic carbocycles. The summed E-state index contributed by atoms with van der Waals surface area (Å²) in [7, 11) is 0. The lowest BCUT2D eigenvalue weighted by Gasteiger charge is -2.66. The molecule has 4 atom stereocenters. The van der Waals surface area contributed by atoms with E-state index in [0.717, 1.165) is 18.3 Å².